The molecule has 11 nitrogen and oxygen atoms in total. The van der Waals surface area contributed by atoms with Gasteiger partial charge in [-0.1, -0.05) is 29.9 Å². The van der Waals surface area contributed by atoms with Crippen LogP contribution in [0.3, 0.4) is 0 Å². The lowest BCUT2D eigenvalue weighted by Crippen LogP contribution is -2.55. The van der Waals surface area contributed by atoms with Gasteiger partial charge >= 0.3 is 5.97 Å². The average Bonchev–Trinajstić information content (AvgIpc) is 3.44. The standard InChI is InChI=1S/C21H29ClN6O5S/c1-5-11-16(22)27-17(24-11)19(30)25-12-8-9-28(10-13(12)32-6-2)21-26-14(18(29)23-4)15(34-21)20(31)33-7-3/h12-13H,5-10H2,1-4H3,(H,23,29)(H,24,27)(H,25,30). The first-order chi connectivity index (χ1) is 16.3. The Labute approximate surface area is 206 Å². The molecule has 1 aliphatic heterocycles. The zero-order valence-electron chi connectivity index (χ0n) is 19.6. The highest BCUT2D eigenvalue weighted by Crippen LogP contribution is 2.30. The number of aryl methyl sites for hydroxylation is 1. The number of thiazole rings is 1. The number of nitrogens with zero attached hydrogens (tertiary/aromatic N) is 3. The molecule has 1 aliphatic rings. The van der Waals surface area contributed by atoms with Gasteiger partial charge in [0.05, 0.1) is 24.4 Å². The van der Waals surface area contributed by atoms with E-state index in [0.29, 0.717) is 43.4 Å². The largest absolute Gasteiger partial charge is 0.462 e. The second kappa shape index (κ2) is 11.6. The molecule has 34 heavy (non-hydrogen) atoms. The van der Waals surface area contributed by atoms with E-state index in [0.717, 1.165) is 11.3 Å². The zero-order valence-corrected chi connectivity index (χ0v) is 21.1. The zero-order chi connectivity index (χ0) is 24.8. The summed E-state index contributed by atoms with van der Waals surface area (Å²) in [6.45, 7) is 7.10. The maximum atomic E-state index is 12.7. The van der Waals surface area contributed by atoms with Gasteiger partial charge in [0.1, 0.15) is 4.88 Å². The van der Waals surface area contributed by atoms with Crippen LogP contribution in [-0.2, 0) is 15.9 Å². The summed E-state index contributed by atoms with van der Waals surface area (Å²) < 4.78 is 11.0. The Bertz CT molecular complexity index is 1040. The third kappa shape index (κ3) is 5.68. The molecular formula is C21H29ClN6O5S. The number of imidazole rings is 1. The van der Waals surface area contributed by atoms with Crippen LogP contribution < -0.4 is 15.5 Å². The summed E-state index contributed by atoms with van der Waals surface area (Å²) in [7, 11) is 1.48. The van der Waals surface area contributed by atoms with Crippen molar-refractivity contribution in [2.45, 2.75) is 45.8 Å². The fourth-order valence-electron chi connectivity index (χ4n) is 3.66. The van der Waals surface area contributed by atoms with Crippen LogP contribution in [0.25, 0.3) is 0 Å². The van der Waals surface area contributed by atoms with Gasteiger partial charge in [-0.05, 0) is 26.7 Å². The van der Waals surface area contributed by atoms with E-state index in [-0.39, 0.29) is 46.2 Å². The topological polar surface area (TPSA) is 139 Å². The number of ether oxygens (including phenoxy) is 2. The van der Waals surface area contributed by atoms with Crippen molar-refractivity contribution >= 4 is 45.9 Å². The Morgan fingerprint density at radius 2 is 1.97 bits per heavy atom. The van der Waals surface area contributed by atoms with Gasteiger partial charge in [-0.3, -0.25) is 9.59 Å². The lowest BCUT2D eigenvalue weighted by molar-refractivity contribution is 0.0271. The summed E-state index contributed by atoms with van der Waals surface area (Å²) in [5, 5.41) is 6.30. The summed E-state index contributed by atoms with van der Waals surface area (Å²) in [4.78, 5) is 51.0. The predicted octanol–water partition coefficient (Wildman–Crippen LogP) is 2.03. The third-order valence-corrected chi connectivity index (χ3v) is 6.75. The summed E-state index contributed by atoms with van der Waals surface area (Å²) in [6.07, 6.45) is 0.866. The van der Waals surface area contributed by atoms with E-state index in [2.05, 4.69) is 25.6 Å². The lowest BCUT2D eigenvalue weighted by atomic mass is 10.0. The van der Waals surface area contributed by atoms with Crippen LogP contribution >= 0.6 is 22.9 Å². The smallest absolute Gasteiger partial charge is 0.350 e. The van der Waals surface area contributed by atoms with Gasteiger partial charge in [0.2, 0.25) is 0 Å². The van der Waals surface area contributed by atoms with Crippen LogP contribution in [0, 0.1) is 0 Å². The van der Waals surface area contributed by atoms with Crippen molar-refractivity contribution in [2.75, 3.05) is 38.3 Å². The van der Waals surface area contributed by atoms with Crippen molar-refractivity contribution in [3.8, 4) is 0 Å². The first-order valence-corrected chi connectivity index (χ1v) is 12.3. The van der Waals surface area contributed by atoms with Gasteiger partial charge < -0.3 is 30.0 Å². The molecule has 1 saturated heterocycles. The number of piperidine rings is 1. The molecule has 0 bridgehead atoms. The Hall–Kier alpha value is -2.70. The van der Waals surface area contributed by atoms with Gasteiger partial charge in [-0.15, -0.1) is 0 Å². The average molecular weight is 513 g/mol. The molecule has 0 radical (unpaired) electrons. The minimum Gasteiger partial charge on any atom is -0.462 e. The molecule has 186 valence electrons. The normalized spacial score (nSPS) is 18.0. The Morgan fingerprint density at radius 3 is 2.59 bits per heavy atom. The Balaban J connectivity index is 1.77. The van der Waals surface area contributed by atoms with Crippen LogP contribution in [0.2, 0.25) is 5.15 Å². The minimum absolute atomic E-state index is 0.0331. The number of anilines is 1. The van der Waals surface area contributed by atoms with Crippen molar-refractivity contribution in [1.82, 2.24) is 25.6 Å². The number of halogens is 1. The summed E-state index contributed by atoms with van der Waals surface area (Å²) in [5.41, 5.74) is 0.738. The van der Waals surface area contributed by atoms with Crippen LogP contribution in [-0.4, -0.2) is 78.2 Å². The van der Waals surface area contributed by atoms with Gasteiger partial charge in [0.25, 0.3) is 11.8 Å². The summed E-state index contributed by atoms with van der Waals surface area (Å²) in [5.74, 6) is -1.24. The van der Waals surface area contributed by atoms with Crippen molar-refractivity contribution < 1.29 is 23.9 Å². The van der Waals surface area contributed by atoms with Crippen LogP contribution in [0.5, 0.6) is 0 Å². The van der Waals surface area contributed by atoms with Crippen molar-refractivity contribution in [3.05, 3.63) is 27.2 Å². The number of esters is 1. The molecule has 2 aromatic rings. The fourth-order valence-corrected chi connectivity index (χ4v) is 4.91. The molecule has 0 aliphatic carbocycles. The SMILES string of the molecule is CCOC(=O)c1sc(N2CCC(NC(=O)c3nc(Cl)c(CC)[nH]3)C(OCC)C2)nc1C(=O)NC. The van der Waals surface area contributed by atoms with Crippen LogP contribution in [0.15, 0.2) is 0 Å². The van der Waals surface area contributed by atoms with Crippen molar-refractivity contribution in [2.24, 2.45) is 0 Å². The number of carbonyl (C=O) groups is 3. The second-order valence-electron chi connectivity index (χ2n) is 7.49. The highest BCUT2D eigenvalue weighted by Gasteiger charge is 2.34. The monoisotopic (exact) mass is 512 g/mol. The van der Waals surface area contributed by atoms with Crippen LogP contribution in [0.1, 0.15) is 63.7 Å². The highest BCUT2D eigenvalue weighted by molar-refractivity contribution is 7.17. The maximum Gasteiger partial charge on any atom is 0.350 e. The van der Waals surface area contributed by atoms with E-state index in [4.69, 9.17) is 21.1 Å². The minimum atomic E-state index is -0.586. The third-order valence-electron chi connectivity index (χ3n) is 5.34. The molecule has 3 heterocycles. The van der Waals surface area contributed by atoms with E-state index < -0.39 is 11.9 Å². The lowest BCUT2D eigenvalue weighted by Gasteiger charge is -2.38. The number of rotatable bonds is 9. The molecule has 0 spiro atoms. The van der Waals surface area contributed by atoms with E-state index in [9.17, 15) is 14.4 Å². The molecule has 2 atom stereocenters. The van der Waals surface area contributed by atoms with E-state index in [1.54, 1.807) is 6.92 Å². The molecule has 0 aromatic carbocycles. The predicted molar refractivity (Wildman–Crippen MR) is 128 cm³/mol. The first-order valence-electron chi connectivity index (χ1n) is 11.1. The van der Waals surface area contributed by atoms with E-state index in [1.165, 1.54) is 7.05 Å². The number of H-pyrrole nitrogens is 1. The second-order valence-corrected chi connectivity index (χ2v) is 8.83. The Kier molecular flexibility index (Phi) is 8.86. The molecule has 2 aromatic heterocycles. The van der Waals surface area contributed by atoms with E-state index >= 15 is 0 Å². The molecule has 13 heteroatoms. The van der Waals surface area contributed by atoms with Gasteiger partial charge in [-0.25, -0.2) is 14.8 Å². The van der Waals surface area contributed by atoms with Crippen molar-refractivity contribution in [1.29, 1.82) is 0 Å². The number of aromatic nitrogens is 3. The number of aromatic amines is 1. The van der Waals surface area contributed by atoms with E-state index in [1.807, 2.05) is 18.7 Å². The quantitative estimate of drug-likeness (QED) is 0.434. The van der Waals surface area contributed by atoms with Crippen molar-refractivity contribution in [3.63, 3.8) is 0 Å². The van der Waals surface area contributed by atoms with Crippen LogP contribution in [0.4, 0.5) is 5.13 Å². The summed E-state index contributed by atoms with van der Waals surface area (Å²) in [6, 6.07) is -0.263. The van der Waals surface area contributed by atoms with Gasteiger partial charge in [0, 0.05) is 26.7 Å². The maximum absolute atomic E-state index is 12.7. The molecule has 3 rings (SSSR count). The molecule has 3 N–H and O–H groups in total. The number of hydrogen-bond donors (Lipinski definition) is 3. The Morgan fingerprint density at radius 1 is 1.21 bits per heavy atom. The summed E-state index contributed by atoms with van der Waals surface area (Å²) >= 11 is 7.17. The molecular weight excluding hydrogens is 484 g/mol. The number of hydrogen-bond acceptors (Lipinski definition) is 9. The molecule has 1 fully saturated rings. The number of amides is 2. The van der Waals surface area contributed by atoms with Gasteiger partial charge in [-0.2, -0.15) is 0 Å². The molecule has 2 unspecified atom stereocenters. The highest BCUT2D eigenvalue weighted by atomic mass is 35.5. The van der Waals surface area contributed by atoms with Gasteiger partial charge in [0.15, 0.2) is 21.8 Å². The molecule has 0 saturated carbocycles. The fraction of sp³-hybridized carbons (Fsp3) is 0.571. The first kappa shape index (κ1) is 25.9. The number of carbonyl (C=O) groups excluding carboxylic acids is 3. The molecule has 2 amide bonds. The number of nitrogens with one attached hydrogen (secondary N) is 3.